The Morgan fingerprint density at radius 1 is 1.40 bits per heavy atom. The van der Waals surface area contributed by atoms with Gasteiger partial charge in [0.15, 0.2) is 6.04 Å². The number of aliphatic hydroxyl groups excluding tert-OH is 1. The van der Waals surface area contributed by atoms with Crippen LogP contribution in [-0.4, -0.2) is 50.5 Å². The molecule has 0 aliphatic heterocycles. The average Bonchev–Trinajstić information content (AvgIpc) is 2.25. The van der Waals surface area contributed by atoms with Gasteiger partial charge in [-0.25, -0.2) is 4.79 Å². The average molecular weight is 219 g/mol. The first-order chi connectivity index (χ1) is 7.15. The molecule has 0 saturated heterocycles. The van der Waals surface area contributed by atoms with Crippen LogP contribution in [0.5, 0.6) is 0 Å². The topological polar surface area (TPSA) is 84.9 Å². The van der Waals surface area contributed by atoms with E-state index in [0.717, 1.165) is 0 Å². The van der Waals surface area contributed by atoms with Crippen molar-refractivity contribution in [1.82, 2.24) is 5.32 Å². The second kappa shape index (κ2) is 8.19. The molecule has 0 aromatic heterocycles. The van der Waals surface area contributed by atoms with Crippen LogP contribution in [0, 0.1) is 0 Å². The summed E-state index contributed by atoms with van der Waals surface area (Å²) in [4.78, 5) is 22.2. The van der Waals surface area contributed by atoms with Crippen LogP contribution in [0.4, 0.5) is 0 Å². The number of aliphatic hydroxyl groups is 1. The van der Waals surface area contributed by atoms with Crippen LogP contribution < -0.4 is 5.32 Å². The molecule has 1 amide bonds. The Hall–Kier alpha value is -1.14. The van der Waals surface area contributed by atoms with E-state index in [-0.39, 0.29) is 12.3 Å². The van der Waals surface area contributed by atoms with E-state index >= 15 is 0 Å². The van der Waals surface area contributed by atoms with E-state index in [9.17, 15) is 9.59 Å². The van der Waals surface area contributed by atoms with Crippen LogP contribution in [-0.2, 0) is 19.1 Å². The highest BCUT2D eigenvalue weighted by Gasteiger charge is 2.19. The smallest absolute Gasteiger partial charge is 0.330 e. The quantitative estimate of drug-likeness (QED) is 0.426. The summed E-state index contributed by atoms with van der Waals surface area (Å²) in [6.07, 6.45) is 0.822. The highest BCUT2D eigenvalue weighted by Crippen LogP contribution is 1.92. The Balaban J connectivity index is 3.85. The van der Waals surface area contributed by atoms with Crippen LogP contribution in [0.25, 0.3) is 0 Å². The molecule has 0 spiro atoms. The minimum Gasteiger partial charge on any atom is -0.467 e. The molecule has 0 rings (SSSR count). The van der Waals surface area contributed by atoms with Gasteiger partial charge in [-0.1, -0.05) is 0 Å². The van der Waals surface area contributed by atoms with E-state index in [2.05, 4.69) is 10.1 Å². The van der Waals surface area contributed by atoms with Gasteiger partial charge in [-0.3, -0.25) is 4.79 Å². The van der Waals surface area contributed by atoms with Crippen molar-refractivity contribution in [2.24, 2.45) is 0 Å². The van der Waals surface area contributed by atoms with Gasteiger partial charge in [-0.2, -0.15) is 0 Å². The van der Waals surface area contributed by atoms with E-state index in [1.54, 1.807) is 7.11 Å². The molecule has 0 aromatic rings. The number of nitrogens with one attached hydrogen (secondary N) is 1. The zero-order valence-electron chi connectivity index (χ0n) is 8.99. The SMILES string of the molecule is COCCCC(=O)NC(CO)C(=O)OC. The van der Waals surface area contributed by atoms with E-state index in [1.807, 2.05) is 0 Å². The van der Waals surface area contributed by atoms with Gasteiger partial charge >= 0.3 is 5.97 Å². The fourth-order valence-corrected chi connectivity index (χ4v) is 0.965. The number of hydrogen-bond donors (Lipinski definition) is 2. The molecular formula is C9H17NO5. The molecule has 1 atom stereocenters. The predicted octanol–water partition coefficient (Wildman–Crippen LogP) is -0.937. The van der Waals surface area contributed by atoms with Gasteiger partial charge in [0.2, 0.25) is 5.91 Å². The van der Waals surface area contributed by atoms with Crippen LogP contribution >= 0.6 is 0 Å². The lowest BCUT2D eigenvalue weighted by Crippen LogP contribution is -2.44. The van der Waals surface area contributed by atoms with E-state index in [1.165, 1.54) is 7.11 Å². The summed E-state index contributed by atoms with van der Waals surface area (Å²) in [5.74, 6) is -0.964. The third kappa shape index (κ3) is 6.03. The molecule has 0 aromatic carbocycles. The summed E-state index contributed by atoms with van der Waals surface area (Å²) in [7, 11) is 2.74. The molecule has 0 aliphatic rings. The van der Waals surface area contributed by atoms with Crippen molar-refractivity contribution in [3.63, 3.8) is 0 Å². The Morgan fingerprint density at radius 3 is 2.53 bits per heavy atom. The Labute approximate surface area is 88.6 Å². The highest BCUT2D eigenvalue weighted by atomic mass is 16.5. The summed E-state index contributed by atoms with van der Waals surface area (Å²) < 4.78 is 9.16. The third-order valence-corrected chi connectivity index (χ3v) is 1.76. The molecule has 6 heteroatoms. The van der Waals surface area contributed by atoms with Gasteiger partial charge in [0.05, 0.1) is 13.7 Å². The first-order valence-electron chi connectivity index (χ1n) is 4.62. The number of carbonyl (C=O) groups excluding carboxylic acids is 2. The zero-order chi connectivity index (χ0) is 11.7. The van der Waals surface area contributed by atoms with Crippen molar-refractivity contribution in [2.45, 2.75) is 18.9 Å². The molecule has 0 radical (unpaired) electrons. The molecule has 0 heterocycles. The fraction of sp³-hybridized carbons (Fsp3) is 0.778. The molecule has 88 valence electrons. The highest BCUT2D eigenvalue weighted by molar-refractivity contribution is 5.84. The predicted molar refractivity (Wildman–Crippen MR) is 52.1 cm³/mol. The molecule has 0 fully saturated rings. The maximum Gasteiger partial charge on any atom is 0.330 e. The lowest BCUT2D eigenvalue weighted by Gasteiger charge is -2.13. The largest absolute Gasteiger partial charge is 0.467 e. The zero-order valence-corrected chi connectivity index (χ0v) is 8.99. The van der Waals surface area contributed by atoms with E-state index in [4.69, 9.17) is 9.84 Å². The summed E-state index contributed by atoms with van der Waals surface area (Å²) in [6.45, 7) is 0.0120. The molecular weight excluding hydrogens is 202 g/mol. The van der Waals surface area contributed by atoms with Gasteiger partial charge in [0.25, 0.3) is 0 Å². The van der Waals surface area contributed by atoms with Crippen LogP contribution in [0.1, 0.15) is 12.8 Å². The van der Waals surface area contributed by atoms with Crippen molar-refractivity contribution in [3.8, 4) is 0 Å². The second-order valence-corrected chi connectivity index (χ2v) is 2.92. The third-order valence-electron chi connectivity index (χ3n) is 1.76. The lowest BCUT2D eigenvalue weighted by molar-refractivity contribution is -0.146. The lowest BCUT2D eigenvalue weighted by atomic mass is 10.2. The minimum absolute atomic E-state index is 0.251. The molecule has 2 N–H and O–H groups in total. The van der Waals surface area contributed by atoms with Crippen molar-refractivity contribution in [3.05, 3.63) is 0 Å². The maximum atomic E-state index is 11.2. The normalized spacial score (nSPS) is 11.9. The van der Waals surface area contributed by atoms with Crippen molar-refractivity contribution < 1.29 is 24.2 Å². The molecule has 0 saturated carbocycles. The Morgan fingerprint density at radius 2 is 2.07 bits per heavy atom. The van der Waals surface area contributed by atoms with Crippen molar-refractivity contribution >= 4 is 11.9 Å². The van der Waals surface area contributed by atoms with Crippen molar-refractivity contribution in [2.75, 3.05) is 27.4 Å². The summed E-state index contributed by atoms with van der Waals surface area (Å²) in [6, 6.07) is -0.981. The molecule has 0 aliphatic carbocycles. The standard InChI is InChI=1S/C9H17NO5/c1-14-5-3-4-8(12)10-7(6-11)9(13)15-2/h7,11H,3-6H2,1-2H3,(H,10,12). The Kier molecular flexibility index (Phi) is 7.57. The van der Waals surface area contributed by atoms with E-state index in [0.29, 0.717) is 13.0 Å². The number of ether oxygens (including phenoxy) is 2. The Bertz CT molecular complexity index is 207. The minimum atomic E-state index is -0.981. The summed E-state index contributed by atoms with van der Waals surface area (Å²) in [5.41, 5.74) is 0. The van der Waals surface area contributed by atoms with E-state index < -0.39 is 18.6 Å². The molecule has 6 nitrogen and oxygen atoms in total. The molecule has 0 bridgehead atoms. The monoisotopic (exact) mass is 219 g/mol. The molecule has 15 heavy (non-hydrogen) atoms. The second-order valence-electron chi connectivity index (χ2n) is 2.92. The number of amides is 1. The van der Waals surface area contributed by atoms with Gasteiger partial charge in [-0.05, 0) is 6.42 Å². The number of carbonyl (C=O) groups is 2. The number of esters is 1. The van der Waals surface area contributed by atoms with Gasteiger partial charge in [0, 0.05) is 20.1 Å². The van der Waals surface area contributed by atoms with Crippen LogP contribution in [0.2, 0.25) is 0 Å². The molecule has 1 unspecified atom stereocenters. The summed E-state index contributed by atoms with van der Waals surface area (Å²) >= 11 is 0. The van der Waals surface area contributed by atoms with Gasteiger partial charge < -0.3 is 19.9 Å². The fourth-order valence-electron chi connectivity index (χ4n) is 0.965. The number of rotatable bonds is 7. The van der Waals surface area contributed by atoms with Gasteiger partial charge in [-0.15, -0.1) is 0 Å². The summed E-state index contributed by atoms with van der Waals surface area (Å²) in [5, 5.41) is 11.2. The van der Waals surface area contributed by atoms with Crippen molar-refractivity contribution in [1.29, 1.82) is 0 Å². The van der Waals surface area contributed by atoms with Crippen LogP contribution in [0.3, 0.4) is 0 Å². The first kappa shape index (κ1) is 13.9. The number of hydrogen-bond acceptors (Lipinski definition) is 5. The van der Waals surface area contributed by atoms with Crippen LogP contribution in [0.15, 0.2) is 0 Å². The first-order valence-corrected chi connectivity index (χ1v) is 4.62. The maximum absolute atomic E-state index is 11.2. The van der Waals surface area contributed by atoms with Gasteiger partial charge in [0.1, 0.15) is 0 Å². The number of methoxy groups -OCH3 is 2.